The molecule has 1 aromatic rings. The number of thioether (sulfide) groups is 2. The highest BCUT2D eigenvalue weighted by molar-refractivity contribution is 8.01. The highest BCUT2D eigenvalue weighted by Crippen LogP contribution is 2.37. The standard InChI is InChI=1S/C18H24N2O2S2/c1-17(2)19(9-11-23-17)15(21)13-5-7-14(8-6-13)16(22)20-10-12-24-18(20,3)4/h5-8H,9-12H2,1-4H3. The maximum atomic E-state index is 12.7. The minimum absolute atomic E-state index is 0.0426. The summed E-state index contributed by atoms with van der Waals surface area (Å²) >= 11 is 3.59. The van der Waals surface area contributed by atoms with Gasteiger partial charge in [0, 0.05) is 35.7 Å². The molecule has 0 radical (unpaired) electrons. The minimum Gasteiger partial charge on any atom is -0.324 e. The van der Waals surface area contributed by atoms with Gasteiger partial charge < -0.3 is 9.80 Å². The fourth-order valence-corrected chi connectivity index (χ4v) is 5.43. The van der Waals surface area contributed by atoms with Gasteiger partial charge in [0.25, 0.3) is 11.8 Å². The van der Waals surface area contributed by atoms with Crippen molar-refractivity contribution >= 4 is 35.3 Å². The molecule has 2 fully saturated rings. The van der Waals surface area contributed by atoms with Crippen LogP contribution in [0.4, 0.5) is 0 Å². The molecule has 6 heteroatoms. The Morgan fingerprint density at radius 1 is 0.792 bits per heavy atom. The molecule has 2 saturated heterocycles. The fourth-order valence-electron chi connectivity index (χ4n) is 3.23. The van der Waals surface area contributed by atoms with Gasteiger partial charge in [0.2, 0.25) is 0 Å². The van der Waals surface area contributed by atoms with Crippen molar-refractivity contribution in [1.82, 2.24) is 9.80 Å². The van der Waals surface area contributed by atoms with Crippen molar-refractivity contribution in [1.29, 1.82) is 0 Å². The molecule has 0 saturated carbocycles. The largest absolute Gasteiger partial charge is 0.324 e. The Morgan fingerprint density at radius 2 is 1.12 bits per heavy atom. The van der Waals surface area contributed by atoms with E-state index in [1.807, 2.05) is 9.80 Å². The quantitative estimate of drug-likeness (QED) is 0.805. The SMILES string of the molecule is CC1(C)SCCN1C(=O)c1ccc(C(=O)N2CCSC2(C)C)cc1. The van der Waals surface area contributed by atoms with Gasteiger partial charge in [-0.15, -0.1) is 23.5 Å². The predicted octanol–water partition coefficient (Wildman–Crippen LogP) is 3.54. The Kier molecular flexibility index (Phi) is 4.64. The Hall–Kier alpha value is -1.14. The number of nitrogens with zero attached hydrogens (tertiary/aromatic N) is 2. The first kappa shape index (κ1) is 17.7. The normalized spacial score (nSPS) is 22.0. The van der Waals surface area contributed by atoms with Crippen molar-refractivity contribution in [3.05, 3.63) is 35.4 Å². The molecule has 0 N–H and O–H groups in total. The van der Waals surface area contributed by atoms with E-state index in [1.54, 1.807) is 47.8 Å². The van der Waals surface area contributed by atoms with Crippen LogP contribution in [0.3, 0.4) is 0 Å². The summed E-state index contributed by atoms with van der Waals surface area (Å²) in [5.41, 5.74) is 1.30. The average molecular weight is 365 g/mol. The molecule has 1 aromatic carbocycles. The molecule has 2 aliphatic heterocycles. The fraction of sp³-hybridized carbons (Fsp3) is 0.556. The van der Waals surface area contributed by atoms with Crippen LogP contribution in [0.25, 0.3) is 0 Å². The zero-order valence-electron chi connectivity index (χ0n) is 14.7. The number of rotatable bonds is 2. The highest BCUT2D eigenvalue weighted by Gasteiger charge is 2.38. The molecule has 0 unspecified atom stereocenters. The van der Waals surface area contributed by atoms with Crippen LogP contribution in [0.5, 0.6) is 0 Å². The topological polar surface area (TPSA) is 40.6 Å². The molecule has 4 nitrogen and oxygen atoms in total. The van der Waals surface area contributed by atoms with Crippen LogP contribution in [-0.2, 0) is 0 Å². The third-order valence-corrected chi connectivity index (χ3v) is 7.34. The number of carbonyl (C=O) groups is 2. The predicted molar refractivity (Wildman–Crippen MR) is 102 cm³/mol. The van der Waals surface area contributed by atoms with Gasteiger partial charge in [-0.05, 0) is 52.0 Å². The summed E-state index contributed by atoms with van der Waals surface area (Å²) in [5.74, 6) is 2.02. The van der Waals surface area contributed by atoms with Crippen LogP contribution >= 0.6 is 23.5 Å². The average Bonchev–Trinajstić information content (AvgIpc) is 3.07. The molecule has 130 valence electrons. The Morgan fingerprint density at radius 3 is 1.38 bits per heavy atom. The van der Waals surface area contributed by atoms with Gasteiger partial charge in [-0.3, -0.25) is 9.59 Å². The molecule has 0 spiro atoms. The van der Waals surface area contributed by atoms with E-state index in [-0.39, 0.29) is 21.6 Å². The molecule has 0 aliphatic carbocycles. The van der Waals surface area contributed by atoms with Crippen LogP contribution in [-0.4, -0.2) is 56.0 Å². The van der Waals surface area contributed by atoms with E-state index in [4.69, 9.17) is 0 Å². The lowest BCUT2D eigenvalue weighted by molar-refractivity contribution is 0.0694. The van der Waals surface area contributed by atoms with E-state index in [0.29, 0.717) is 11.1 Å². The number of hydrogen-bond donors (Lipinski definition) is 0. The molecule has 0 aromatic heterocycles. The third-order valence-electron chi connectivity index (χ3n) is 4.71. The lowest BCUT2D eigenvalue weighted by Gasteiger charge is -2.31. The highest BCUT2D eigenvalue weighted by atomic mass is 32.2. The molecule has 0 atom stereocenters. The number of benzene rings is 1. The molecule has 0 bridgehead atoms. The first-order valence-corrected chi connectivity index (χ1v) is 10.2. The van der Waals surface area contributed by atoms with Crippen molar-refractivity contribution in [2.45, 2.75) is 37.4 Å². The zero-order valence-corrected chi connectivity index (χ0v) is 16.3. The lowest BCUT2D eigenvalue weighted by atomic mass is 10.1. The van der Waals surface area contributed by atoms with Crippen LogP contribution in [0.2, 0.25) is 0 Å². The summed E-state index contributed by atoms with van der Waals surface area (Å²) in [7, 11) is 0. The van der Waals surface area contributed by atoms with E-state index in [9.17, 15) is 9.59 Å². The third kappa shape index (κ3) is 3.18. The first-order chi connectivity index (χ1) is 11.2. The lowest BCUT2D eigenvalue weighted by Crippen LogP contribution is -2.42. The van der Waals surface area contributed by atoms with Crippen LogP contribution < -0.4 is 0 Å². The van der Waals surface area contributed by atoms with Gasteiger partial charge in [0.15, 0.2) is 0 Å². The first-order valence-electron chi connectivity index (χ1n) is 8.24. The maximum absolute atomic E-state index is 12.7. The van der Waals surface area contributed by atoms with Crippen molar-refractivity contribution in [2.24, 2.45) is 0 Å². The van der Waals surface area contributed by atoms with E-state index in [2.05, 4.69) is 27.7 Å². The Labute approximate surface area is 152 Å². The molecule has 3 rings (SSSR count). The maximum Gasteiger partial charge on any atom is 0.254 e. The molecular weight excluding hydrogens is 340 g/mol. The summed E-state index contributed by atoms with van der Waals surface area (Å²) in [6.07, 6.45) is 0. The Balaban J connectivity index is 1.76. The second-order valence-electron chi connectivity index (χ2n) is 7.08. The van der Waals surface area contributed by atoms with E-state index >= 15 is 0 Å². The molecule has 2 heterocycles. The monoisotopic (exact) mass is 364 g/mol. The van der Waals surface area contributed by atoms with Crippen LogP contribution in [0.15, 0.2) is 24.3 Å². The number of carbonyl (C=O) groups excluding carboxylic acids is 2. The van der Waals surface area contributed by atoms with E-state index in [1.165, 1.54) is 0 Å². The molecule has 2 aliphatic rings. The van der Waals surface area contributed by atoms with Gasteiger partial charge in [-0.25, -0.2) is 0 Å². The summed E-state index contributed by atoms with van der Waals surface area (Å²) in [4.78, 5) is 28.9. The van der Waals surface area contributed by atoms with Gasteiger partial charge >= 0.3 is 0 Å². The zero-order chi connectivity index (χ0) is 17.5. The van der Waals surface area contributed by atoms with Gasteiger partial charge in [-0.2, -0.15) is 0 Å². The second kappa shape index (κ2) is 6.30. The summed E-state index contributed by atoms with van der Waals surface area (Å²) in [6, 6.07) is 7.13. The second-order valence-corrected chi connectivity index (χ2v) is 10.5. The Bertz CT molecular complexity index is 598. The van der Waals surface area contributed by atoms with Gasteiger partial charge in [0.05, 0.1) is 9.74 Å². The van der Waals surface area contributed by atoms with E-state index in [0.717, 1.165) is 24.6 Å². The van der Waals surface area contributed by atoms with Crippen molar-refractivity contribution in [3.63, 3.8) is 0 Å². The number of amides is 2. The van der Waals surface area contributed by atoms with Crippen molar-refractivity contribution in [2.75, 3.05) is 24.6 Å². The summed E-state index contributed by atoms with van der Waals surface area (Å²) in [6.45, 7) is 9.86. The summed E-state index contributed by atoms with van der Waals surface area (Å²) in [5, 5.41) is 0. The van der Waals surface area contributed by atoms with Crippen LogP contribution in [0, 0.1) is 0 Å². The molecular formula is C18H24N2O2S2. The van der Waals surface area contributed by atoms with E-state index < -0.39 is 0 Å². The molecule has 2 amide bonds. The van der Waals surface area contributed by atoms with Crippen molar-refractivity contribution < 1.29 is 9.59 Å². The van der Waals surface area contributed by atoms with Crippen molar-refractivity contribution in [3.8, 4) is 0 Å². The van der Waals surface area contributed by atoms with Gasteiger partial charge in [-0.1, -0.05) is 0 Å². The minimum atomic E-state index is -0.164. The number of hydrogen-bond acceptors (Lipinski definition) is 4. The van der Waals surface area contributed by atoms with Gasteiger partial charge in [0.1, 0.15) is 0 Å². The summed E-state index contributed by atoms with van der Waals surface area (Å²) < 4.78 is 0. The molecule has 24 heavy (non-hydrogen) atoms. The smallest absolute Gasteiger partial charge is 0.254 e. The van der Waals surface area contributed by atoms with Crippen LogP contribution in [0.1, 0.15) is 48.4 Å².